The molecule has 0 bridgehead atoms. The molecule has 0 unspecified atom stereocenters. The average molecular weight is 353 g/mol. The highest BCUT2D eigenvalue weighted by atomic mass is 32.2. The zero-order valence-electron chi connectivity index (χ0n) is 14.7. The zero-order chi connectivity index (χ0) is 17.7. The van der Waals surface area contributed by atoms with Gasteiger partial charge in [0.25, 0.3) is 0 Å². The number of hydrogen-bond acceptors (Lipinski definition) is 5. The van der Waals surface area contributed by atoms with E-state index in [1.165, 1.54) is 0 Å². The van der Waals surface area contributed by atoms with Crippen LogP contribution in [-0.2, 0) is 16.6 Å². The molecule has 0 spiro atoms. The number of nitrogens with two attached hydrogens (primary N) is 1. The van der Waals surface area contributed by atoms with Crippen LogP contribution in [0.15, 0.2) is 6.33 Å². The molecule has 0 saturated heterocycles. The van der Waals surface area contributed by atoms with Gasteiger partial charge in [-0.2, -0.15) is 0 Å². The van der Waals surface area contributed by atoms with Gasteiger partial charge in [-0.25, -0.2) is 23.1 Å². The van der Waals surface area contributed by atoms with Crippen molar-refractivity contribution >= 4 is 26.9 Å². The predicted octanol–water partition coefficient (Wildman–Crippen LogP) is 2.13. The van der Waals surface area contributed by atoms with Crippen LogP contribution in [0.4, 0.5) is 5.82 Å². The molecule has 2 aromatic heterocycles. The molecule has 0 aliphatic carbocycles. The second kappa shape index (κ2) is 7.94. The van der Waals surface area contributed by atoms with Crippen molar-refractivity contribution in [2.75, 3.05) is 18.0 Å². The Morgan fingerprint density at radius 1 is 1.25 bits per heavy atom. The Hall–Kier alpha value is -1.67. The molecule has 7 nitrogen and oxygen atoms in total. The SMILES string of the molecule is CCCCS(=O)(=O)NCCCCn1cnc2c(N)nc(C)c(C)c21. The van der Waals surface area contributed by atoms with Gasteiger partial charge in [-0.05, 0) is 38.7 Å². The van der Waals surface area contributed by atoms with Crippen LogP contribution in [0.1, 0.15) is 43.9 Å². The lowest BCUT2D eigenvalue weighted by Crippen LogP contribution is -2.27. The first-order chi connectivity index (χ1) is 11.4. The predicted molar refractivity (Wildman–Crippen MR) is 97.3 cm³/mol. The summed E-state index contributed by atoms with van der Waals surface area (Å²) < 4.78 is 28.2. The Bertz CT molecular complexity index is 798. The van der Waals surface area contributed by atoms with E-state index in [1.807, 2.05) is 20.8 Å². The van der Waals surface area contributed by atoms with Gasteiger partial charge in [0.05, 0.1) is 17.6 Å². The molecule has 0 fully saturated rings. The first kappa shape index (κ1) is 18.7. The normalized spacial score (nSPS) is 12.1. The van der Waals surface area contributed by atoms with E-state index >= 15 is 0 Å². The molecule has 0 atom stereocenters. The van der Waals surface area contributed by atoms with Crippen molar-refractivity contribution in [3.8, 4) is 0 Å². The lowest BCUT2D eigenvalue weighted by atomic mass is 10.2. The standard InChI is InChI=1S/C16H27N5O2S/c1-4-5-10-24(22,23)19-8-6-7-9-21-11-18-14-15(21)12(2)13(3)20-16(14)17/h11,19H,4-10H2,1-3H3,(H2,17,20). The van der Waals surface area contributed by atoms with Crippen LogP contribution in [-0.4, -0.2) is 35.3 Å². The van der Waals surface area contributed by atoms with Gasteiger partial charge in [0.2, 0.25) is 10.0 Å². The first-order valence-electron chi connectivity index (χ1n) is 8.40. The van der Waals surface area contributed by atoms with Crippen LogP contribution in [0.25, 0.3) is 11.0 Å². The number of imidazole rings is 1. The second-order valence-corrected chi connectivity index (χ2v) is 8.04. The third-order valence-corrected chi connectivity index (χ3v) is 5.65. The second-order valence-electron chi connectivity index (χ2n) is 6.12. The third-order valence-electron chi connectivity index (χ3n) is 4.18. The van der Waals surface area contributed by atoms with E-state index in [0.717, 1.165) is 48.1 Å². The minimum Gasteiger partial charge on any atom is -0.382 e. The molecule has 0 aliphatic heterocycles. The minimum atomic E-state index is -3.12. The summed E-state index contributed by atoms with van der Waals surface area (Å²) >= 11 is 0. The van der Waals surface area contributed by atoms with E-state index < -0.39 is 10.0 Å². The number of unbranched alkanes of at least 4 members (excludes halogenated alkanes) is 2. The summed E-state index contributed by atoms with van der Waals surface area (Å²) in [5.74, 6) is 0.663. The van der Waals surface area contributed by atoms with Crippen molar-refractivity contribution in [3.05, 3.63) is 17.6 Å². The van der Waals surface area contributed by atoms with E-state index in [1.54, 1.807) is 6.33 Å². The molecule has 8 heteroatoms. The fraction of sp³-hybridized carbons (Fsp3) is 0.625. The number of aromatic nitrogens is 3. The number of rotatable bonds is 9. The summed E-state index contributed by atoms with van der Waals surface area (Å²) in [4.78, 5) is 8.66. The van der Waals surface area contributed by atoms with Crippen molar-refractivity contribution in [1.29, 1.82) is 0 Å². The number of anilines is 1. The number of nitrogen functional groups attached to an aromatic ring is 1. The fourth-order valence-electron chi connectivity index (χ4n) is 2.66. The van der Waals surface area contributed by atoms with E-state index in [2.05, 4.69) is 19.3 Å². The first-order valence-corrected chi connectivity index (χ1v) is 10.1. The van der Waals surface area contributed by atoms with Gasteiger partial charge in [0.15, 0.2) is 5.82 Å². The van der Waals surface area contributed by atoms with Gasteiger partial charge in [-0.1, -0.05) is 13.3 Å². The molecule has 3 N–H and O–H groups in total. The molecular weight excluding hydrogens is 326 g/mol. The molecule has 0 radical (unpaired) electrons. The average Bonchev–Trinajstić information content (AvgIpc) is 2.95. The van der Waals surface area contributed by atoms with Crippen LogP contribution in [0.3, 0.4) is 0 Å². The quantitative estimate of drug-likeness (QED) is 0.672. The van der Waals surface area contributed by atoms with Crippen LogP contribution >= 0.6 is 0 Å². The van der Waals surface area contributed by atoms with E-state index in [0.29, 0.717) is 18.8 Å². The zero-order valence-corrected chi connectivity index (χ0v) is 15.5. The van der Waals surface area contributed by atoms with Crippen molar-refractivity contribution < 1.29 is 8.42 Å². The lowest BCUT2D eigenvalue weighted by molar-refractivity contribution is 0.565. The molecule has 2 aromatic rings. The molecule has 134 valence electrons. The maximum atomic E-state index is 11.7. The largest absolute Gasteiger partial charge is 0.382 e. The Morgan fingerprint density at radius 2 is 2.00 bits per heavy atom. The number of pyridine rings is 1. The summed E-state index contributed by atoms with van der Waals surface area (Å²) in [7, 11) is -3.12. The van der Waals surface area contributed by atoms with Gasteiger partial charge >= 0.3 is 0 Å². The number of nitrogens with zero attached hydrogens (tertiary/aromatic N) is 3. The van der Waals surface area contributed by atoms with Crippen molar-refractivity contribution in [2.45, 2.75) is 53.0 Å². The Balaban J connectivity index is 1.91. The smallest absolute Gasteiger partial charge is 0.211 e. The summed E-state index contributed by atoms with van der Waals surface area (Å²) in [5, 5.41) is 0. The summed E-state index contributed by atoms with van der Waals surface area (Å²) in [6.07, 6.45) is 5.00. The summed E-state index contributed by atoms with van der Waals surface area (Å²) in [6.45, 7) is 7.19. The van der Waals surface area contributed by atoms with Gasteiger partial charge in [0.1, 0.15) is 5.52 Å². The maximum Gasteiger partial charge on any atom is 0.211 e. The minimum absolute atomic E-state index is 0.209. The molecule has 0 aromatic carbocycles. The molecular formula is C16H27N5O2S. The van der Waals surface area contributed by atoms with Gasteiger partial charge in [0, 0.05) is 18.8 Å². The van der Waals surface area contributed by atoms with Gasteiger partial charge in [-0.15, -0.1) is 0 Å². The highest BCUT2D eigenvalue weighted by molar-refractivity contribution is 7.89. The topological polar surface area (TPSA) is 103 Å². The molecule has 0 aliphatic rings. The molecule has 2 heterocycles. The van der Waals surface area contributed by atoms with Crippen LogP contribution in [0, 0.1) is 13.8 Å². The number of nitrogens with one attached hydrogen (secondary N) is 1. The maximum absolute atomic E-state index is 11.7. The molecule has 0 saturated carbocycles. The van der Waals surface area contributed by atoms with E-state index in [-0.39, 0.29) is 5.75 Å². The molecule has 2 rings (SSSR count). The fourth-order valence-corrected chi connectivity index (χ4v) is 3.93. The van der Waals surface area contributed by atoms with Crippen LogP contribution < -0.4 is 10.5 Å². The number of fused-ring (bicyclic) bond motifs is 1. The Morgan fingerprint density at radius 3 is 2.71 bits per heavy atom. The van der Waals surface area contributed by atoms with Gasteiger partial charge in [-0.3, -0.25) is 0 Å². The summed E-state index contributed by atoms with van der Waals surface area (Å²) in [5.41, 5.74) is 9.68. The van der Waals surface area contributed by atoms with Crippen molar-refractivity contribution in [3.63, 3.8) is 0 Å². The van der Waals surface area contributed by atoms with Crippen LogP contribution in [0.5, 0.6) is 0 Å². The van der Waals surface area contributed by atoms with E-state index in [4.69, 9.17) is 5.73 Å². The highest BCUT2D eigenvalue weighted by Crippen LogP contribution is 2.23. The monoisotopic (exact) mass is 353 g/mol. The lowest BCUT2D eigenvalue weighted by Gasteiger charge is -2.09. The summed E-state index contributed by atoms with van der Waals surface area (Å²) in [6, 6.07) is 0. The number of sulfonamides is 1. The highest BCUT2D eigenvalue weighted by Gasteiger charge is 2.12. The third kappa shape index (κ3) is 4.45. The van der Waals surface area contributed by atoms with Crippen LogP contribution in [0.2, 0.25) is 0 Å². The van der Waals surface area contributed by atoms with Crippen molar-refractivity contribution in [1.82, 2.24) is 19.3 Å². The Labute approximate surface area is 143 Å². The van der Waals surface area contributed by atoms with E-state index in [9.17, 15) is 8.42 Å². The number of aryl methyl sites for hydroxylation is 3. The molecule has 24 heavy (non-hydrogen) atoms. The van der Waals surface area contributed by atoms with Crippen molar-refractivity contribution in [2.24, 2.45) is 0 Å². The Kier molecular flexibility index (Phi) is 6.17. The van der Waals surface area contributed by atoms with Gasteiger partial charge < -0.3 is 10.3 Å². The number of hydrogen-bond donors (Lipinski definition) is 2. The molecule has 0 amide bonds.